The maximum absolute atomic E-state index is 12.0. The molecule has 6 heteroatoms. The number of thiophene rings is 1. The van der Waals surface area contributed by atoms with Crippen LogP contribution in [0.25, 0.3) is 0 Å². The highest BCUT2D eigenvalue weighted by Crippen LogP contribution is 2.23. The maximum atomic E-state index is 12.0. The smallest absolute Gasteiger partial charge is 0.254 e. The highest BCUT2D eigenvalue weighted by molar-refractivity contribution is 7.10. The van der Waals surface area contributed by atoms with Crippen molar-refractivity contribution in [2.45, 2.75) is 13.0 Å². The van der Waals surface area contributed by atoms with Gasteiger partial charge in [0.1, 0.15) is 0 Å². The number of hydrogen-bond donors (Lipinski definition) is 1. The van der Waals surface area contributed by atoms with E-state index in [0.29, 0.717) is 6.54 Å². The first-order valence-electron chi connectivity index (χ1n) is 7.99. The van der Waals surface area contributed by atoms with Gasteiger partial charge in [-0.25, -0.2) is 5.43 Å². The molecule has 2 heterocycles. The van der Waals surface area contributed by atoms with Crippen molar-refractivity contribution in [1.29, 1.82) is 0 Å². The quantitative estimate of drug-likeness (QED) is 0.670. The van der Waals surface area contributed by atoms with Gasteiger partial charge in [-0.1, -0.05) is 12.1 Å². The van der Waals surface area contributed by atoms with Crippen LogP contribution in [0.5, 0.6) is 0 Å². The molecule has 126 valence electrons. The van der Waals surface area contributed by atoms with E-state index in [1.807, 2.05) is 43.3 Å². The number of rotatable bonds is 5. The third-order valence-corrected chi connectivity index (χ3v) is 5.09. The molecule has 1 aliphatic heterocycles. The van der Waals surface area contributed by atoms with Gasteiger partial charge in [-0.05, 0) is 41.1 Å². The summed E-state index contributed by atoms with van der Waals surface area (Å²) in [5, 5.41) is 6.18. The summed E-state index contributed by atoms with van der Waals surface area (Å²) in [5.74, 6) is -0.0742. The lowest BCUT2D eigenvalue weighted by atomic mass is 10.1. The third-order valence-electron chi connectivity index (χ3n) is 4.07. The van der Waals surface area contributed by atoms with E-state index in [2.05, 4.69) is 26.9 Å². The zero-order valence-corrected chi connectivity index (χ0v) is 14.8. The first kappa shape index (κ1) is 16.7. The fourth-order valence-corrected chi connectivity index (χ4v) is 3.61. The molecule has 2 aromatic rings. The second-order valence-corrected chi connectivity index (χ2v) is 7.11. The fourth-order valence-electron chi connectivity index (χ4n) is 2.72. The van der Waals surface area contributed by atoms with Crippen LogP contribution in [-0.4, -0.2) is 44.2 Å². The molecule has 1 aliphatic rings. The third kappa shape index (κ3) is 4.21. The van der Waals surface area contributed by atoms with Crippen molar-refractivity contribution >= 4 is 29.1 Å². The van der Waals surface area contributed by atoms with Crippen LogP contribution in [0, 0.1) is 0 Å². The molecule has 24 heavy (non-hydrogen) atoms. The lowest BCUT2D eigenvalue weighted by Crippen LogP contribution is -2.38. The molecular formula is C18H22N4OS. The zero-order chi connectivity index (χ0) is 16.9. The number of hydrogen-bond acceptors (Lipinski definition) is 5. The minimum atomic E-state index is -0.0742. The Bertz CT molecular complexity index is 721. The van der Waals surface area contributed by atoms with Crippen molar-refractivity contribution in [3.63, 3.8) is 0 Å². The Balaban J connectivity index is 1.47. The monoisotopic (exact) mass is 342 g/mol. The van der Waals surface area contributed by atoms with Crippen LogP contribution in [0.4, 0.5) is 5.69 Å². The fraction of sp³-hybridized carbons (Fsp3) is 0.333. The Morgan fingerprint density at radius 2 is 2.12 bits per heavy atom. The lowest BCUT2D eigenvalue weighted by molar-refractivity contribution is -0.122. The lowest BCUT2D eigenvalue weighted by Gasteiger charge is -2.25. The zero-order valence-electron chi connectivity index (χ0n) is 14.0. The van der Waals surface area contributed by atoms with Gasteiger partial charge in [0.25, 0.3) is 5.91 Å². The molecule has 1 aromatic carbocycles. The summed E-state index contributed by atoms with van der Waals surface area (Å²) in [5.41, 5.74) is 6.06. The van der Waals surface area contributed by atoms with Crippen molar-refractivity contribution in [2.75, 3.05) is 32.1 Å². The molecule has 0 aliphatic carbocycles. The molecule has 0 saturated carbocycles. The molecule has 0 atom stereocenters. The van der Waals surface area contributed by atoms with E-state index in [1.165, 1.54) is 10.4 Å². The largest absolute Gasteiger partial charge is 0.378 e. The summed E-state index contributed by atoms with van der Waals surface area (Å²) < 4.78 is 0. The Labute approximate surface area is 146 Å². The number of carbonyl (C=O) groups excluding carboxylic acids is 1. The summed E-state index contributed by atoms with van der Waals surface area (Å²) in [6.45, 7) is 2.16. The first-order chi connectivity index (χ1) is 11.6. The van der Waals surface area contributed by atoms with Gasteiger partial charge < -0.3 is 4.90 Å². The van der Waals surface area contributed by atoms with Gasteiger partial charge in [0.15, 0.2) is 0 Å². The van der Waals surface area contributed by atoms with Gasteiger partial charge in [0.2, 0.25) is 0 Å². The predicted molar refractivity (Wildman–Crippen MR) is 99.8 cm³/mol. The average Bonchev–Trinajstić information content (AvgIpc) is 3.03. The predicted octanol–water partition coefficient (Wildman–Crippen LogP) is 2.32. The van der Waals surface area contributed by atoms with E-state index in [4.69, 9.17) is 0 Å². The minimum Gasteiger partial charge on any atom is -0.378 e. The van der Waals surface area contributed by atoms with Gasteiger partial charge >= 0.3 is 0 Å². The Morgan fingerprint density at radius 1 is 1.33 bits per heavy atom. The van der Waals surface area contributed by atoms with Gasteiger partial charge in [-0.2, -0.15) is 5.10 Å². The summed E-state index contributed by atoms with van der Waals surface area (Å²) in [4.78, 5) is 17.7. The second-order valence-electron chi connectivity index (χ2n) is 6.11. The summed E-state index contributed by atoms with van der Waals surface area (Å²) in [6, 6.07) is 10.2. The number of benzene rings is 1. The molecule has 3 rings (SSSR count). The molecule has 0 unspecified atom stereocenters. The maximum Gasteiger partial charge on any atom is 0.254 e. The van der Waals surface area contributed by atoms with E-state index >= 15 is 0 Å². The van der Waals surface area contributed by atoms with Crippen LogP contribution in [0.3, 0.4) is 0 Å². The average molecular weight is 342 g/mol. The number of nitrogens with one attached hydrogen (secondary N) is 1. The Kier molecular flexibility index (Phi) is 5.27. The normalized spacial score (nSPS) is 14.6. The van der Waals surface area contributed by atoms with Gasteiger partial charge in [0.05, 0.1) is 12.8 Å². The molecule has 0 spiro atoms. The number of hydrazone groups is 1. The molecule has 0 saturated heterocycles. The van der Waals surface area contributed by atoms with Gasteiger partial charge in [-0.3, -0.25) is 9.69 Å². The first-order valence-corrected chi connectivity index (χ1v) is 8.86. The Hall–Kier alpha value is -2.18. The molecular weight excluding hydrogens is 320 g/mol. The summed E-state index contributed by atoms with van der Waals surface area (Å²) >= 11 is 1.81. The van der Waals surface area contributed by atoms with E-state index in [1.54, 1.807) is 17.6 Å². The number of nitrogens with zero attached hydrogens (tertiary/aromatic N) is 3. The highest BCUT2D eigenvalue weighted by Gasteiger charge is 2.18. The molecule has 0 radical (unpaired) electrons. The molecule has 5 nitrogen and oxygen atoms in total. The van der Waals surface area contributed by atoms with Crippen molar-refractivity contribution < 1.29 is 4.79 Å². The summed E-state index contributed by atoms with van der Waals surface area (Å²) in [6.07, 6.45) is 2.70. The molecule has 1 aromatic heterocycles. The highest BCUT2D eigenvalue weighted by atomic mass is 32.1. The number of fused-ring (bicyclic) bond motifs is 1. The van der Waals surface area contributed by atoms with E-state index in [0.717, 1.165) is 30.8 Å². The van der Waals surface area contributed by atoms with Crippen molar-refractivity contribution in [3.05, 3.63) is 51.7 Å². The molecule has 1 amide bonds. The van der Waals surface area contributed by atoms with E-state index < -0.39 is 0 Å². The Morgan fingerprint density at radius 3 is 2.88 bits per heavy atom. The standard InChI is InChI=1S/C18H22N4OS/c1-21(2)16-5-3-14(4-6-16)11-19-20-18(23)13-22-9-7-17-15(12-22)8-10-24-17/h3-6,8,10-11H,7,9,12-13H2,1-2H3,(H,20,23)/b19-11+. The number of anilines is 1. The molecule has 0 bridgehead atoms. The molecule has 1 N–H and O–H groups in total. The van der Waals surface area contributed by atoms with Crippen LogP contribution < -0.4 is 10.3 Å². The minimum absolute atomic E-state index is 0.0742. The number of carbonyl (C=O) groups is 1. The second kappa shape index (κ2) is 7.59. The van der Waals surface area contributed by atoms with Crippen LogP contribution in [0.15, 0.2) is 40.8 Å². The van der Waals surface area contributed by atoms with E-state index in [-0.39, 0.29) is 5.91 Å². The van der Waals surface area contributed by atoms with Crippen LogP contribution in [0.2, 0.25) is 0 Å². The van der Waals surface area contributed by atoms with Crippen LogP contribution in [0.1, 0.15) is 16.0 Å². The van der Waals surface area contributed by atoms with Crippen molar-refractivity contribution in [1.82, 2.24) is 10.3 Å². The van der Waals surface area contributed by atoms with Crippen LogP contribution in [-0.2, 0) is 17.8 Å². The van der Waals surface area contributed by atoms with Gasteiger partial charge in [-0.15, -0.1) is 11.3 Å². The van der Waals surface area contributed by atoms with Gasteiger partial charge in [0, 0.05) is 37.7 Å². The van der Waals surface area contributed by atoms with E-state index in [9.17, 15) is 4.79 Å². The van der Waals surface area contributed by atoms with Crippen LogP contribution >= 0.6 is 11.3 Å². The number of amides is 1. The van der Waals surface area contributed by atoms with Crippen molar-refractivity contribution in [3.8, 4) is 0 Å². The summed E-state index contributed by atoms with van der Waals surface area (Å²) in [7, 11) is 4.01. The SMILES string of the molecule is CN(C)c1ccc(/C=N/NC(=O)CN2CCc3sccc3C2)cc1. The van der Waals surface area contributed by atoms with Crippen molar-refractivity contribution in [2.24, 2.45) is 5.10 Å². The topological polar surface area (TPSA) is 47.9 Å². The molecule has 0 fully saturated rings.